The van der Waals surface area contributed by atoms with Crippen LogP contribution in [0.15, 0.2) is 18.2 Å². The van der Waals surface area contributed by atoms with Gasteiger partial charge < -0.3 is 20.9 Å². The fourth-order valence-electron chi connectivity index (χ4n) is 3.84. The van der Waals surface area contributed by atoms with Crippen molar-refractivity contribution in [3.8, 4) is 0 Å². The van der Waals surface area contributed by atoms with Gasteiger partial charge in [-0.15, -0.1) is 0 Å². The molecule has 25 heavy (non-hydrogen) atoms. The number of nitrogens with one attached hydrogen (secondary N) is 1. The molecule has 1 aromatic rings. The van der Waals surface area contributed by atoms with Gasteiger partial charge in [0.25, 0.3) is 0 Å². The van der Waals surface area contributed by atoms with Crippen LogP contribution in [0.4, 0.5) is 10.5 Å². The molecule has 0 aliphatic carbocycles. The van der Waals surface area contributed by atoms with Crippen molar-refractivity contribution in [2.45, 2.75) is 32.6 Å². The molecule has 2 aliphatic rings. The minimum absolute atomic E-state index is 0.0968. The number of nitrogens with zero attached hydrogens (tertiary/aromatic N) is 2. The van der Waals surface area contributed by atoms with Gasteiger partial charge in [0, 0.05) is 30.9 Å². The molecule has 1 atom stereocenters. The Kier molecular flexibility index (Phi) is 5.58. The number of primary amides is 1. The number of hydrogen-bond donors (Lipinski definition) is 2. The smallest absolute Gasteiger partial charge is 0.321 e. The van der Waals surface area contributed by atoms with Gasteiger partial charge in [0.1, 0.15) is 0 Å². The zero-order chi connectivity index (χ0) is 17.8. The van der Waals surface area contributed by atoms with Crippen molar-refractivity contribution in [3.05, 3.63) is 29.3 Å². The zero-order valence-corrected chi connectivity index (χ0v) is 15.0. The number of urea groups is 1. The van der Waals surface area contributed by atoms with Gasteiger partial charge in [-0.25, -0.2) is 4.79 Å². The number of rotatable bonds is 4. The summed E-state index contributed by atoms with van der Waals surface area (Å²) in [6.07, 6.45) is 5.00. The molecule has 0 bridgehead atoms. The first-order valence-corrected chi connectivity index (χ1v) is 9.21. The number of anilines is 1. The molecule has 3 amide bonds. The summed E-state index contributed by atoms with van der Waals surface area (Å²) in [7, 11) is 0. The minimum atomic E-state index is -0.476. The second kappa shape index (κ2) is 7.87. The second-order valence-corrected chi connectivity index (χ2v) is 7.29. The molecular formula is C19H28N4O2. The van der Waals surface area contributed by atoms with E-state index in [1.54, 1.807) is 18.2 Å². The monoisotopic (exact) mass is 344 g/mol. The maximum absolute atomic E-state index is 12.5. The molecule has 6 heteroatoms. The zero-order valence-electron chi connectivity index (χ0n) is 15.0. The van der Waals surface area contributed by atoms with Crippen LogP contribution >= 0.6 is 0 Å². The van der Waals surface area contributed by atoms with E-state index in [4.69, 9.17) is 5.73 Å². The van der Waals surface area contributed by atoms with Gasteiger partial charge in [-0.05, 0) is 62.9 Å². The summed E-state index contributed by atoms with van der Waals surface area (Å²) in [6.45, 7) is 6.91. The van der Waals surface area contributed by atoms with E-state index in [0.29, 0.717) is 17.2 Å². The molecule has 0 unspecified atom stereocenters. The number of carbonyl (C=O) groups is 2. The van der Waals surface area contributed by atoms with Crippen LogP contribution in [0.2, 0.25) is 0 Å². The van der Waals surface area contributed by atoms with Crippen molar-refractivity contribution in [1.29, 1.82) is 0 Å². The van der Waals surface area contributed by atoms with E-state index >= 15 is 0 Å². The Morgan fingerprint density at radius 2 is 1.96 bits per heavy atom. The van der Waals surface area contributed by atoms with Crippen LogP contribution in [0.5, 0.6) is 0 Å². The van der Waals surface area contributed by atoms with Gasteiger partial charge in [0.05, 0.1) is 0 Å². The van der Waals surface area contributed by atoms with Crippen molar-refractivity contribution in [2.24, 2.45) is 11.7 Å². The first kappa shape index (κ1) is 17.7. The third-order valence-electron chi connectivity index (χ3n) is 5.29. The Labute approximate surface area is 149 Å². The number of aryl methyl sites for hydroxylation is 1. The Bertz CT molecular complexity index is 640. The summed E-state index contributed by atoms with van der Waals surface area (Å²) in [5.41, 5.74) is 7.25. The Morgan fingerprint density at radius 3 is 2.68 bits per heavy atom. The van der Waals surface area contributed by atoms with Crippen LogP contribution in [0.3, 0.4) is 0 Å². The van der Waals surface area contributed by atoms with Gasteiger partial charge in [-0.1, -0.05) is 12.5 Å². The van der Waals surface area contributed by atoms with E-state index in [0.717, 1.165) is 31.6 Å². The Balaban J connectivity index is 1.53. The van der Waals surface area contributed by atoms with Crippen molar-refractivity contribution in [1.82, 2.24) is 9.80 Å². The molecule has 6 nitrogen and oxygen atoms in total. The van der Waals surface area contributed by atoms with Crippen molar-refractivity contribution >= 4 is 17.6 Å². The van der Waals surface area contributed by atoms with Crippen LogP contribution in [0.25, 0.3) is 0 Å². The largest absolute Gasteiger partial charge is 0.366 e. The molecule has 3 N–H and O–H groups in total. The van der Waals surface area contributed by atoms with E-state index in [2.05, 4.69) is 10.2 Å². The minimum Gasteiger partial charge on any atom is -0.366 e. The van der Waals surface area contributed by atoms with Crippen molar-refractivity contribution < 1.29 is 9.59 Å². The topological polar surface area (TPSA) is 78.7 Å². The summed E-state index contributed by atoms with van der Waals surface area (Å²) >= 11 is 0. The number of carbonyl (C=O) groups excluding carboxylic acids is 2. The lowest BCUT2D eigenvalue weighted by molar-refractivity contribution is 0.0999. The van der Waals surface area contributed by atoms with E-state index in [1.165, 1.54) is 32.4 Å². The standard InChI is InChI=1S/C19H28N4O2/c1-14-5-6-16(11-17(14)18(20)24)21-19(25)23-10-7-15(13-23)12-22-8-3-2-4-9-22/h5-6,11,15H,2-4,7-10,12-13H2,1H3,(H2,20,24)(H,21,25)/t15-/m0/s1. The highest BCUT2D eigenvalue weighted by molar-refractivity contribution is 5.97. The third kappa shape index (κ3) is 4.51. The molecule has 2 saturated heterocycles. The quantitative estimate of drug-likeness (QED) is 0.880. The maximum atomic E-state index is 12.5. The predicted octanol–water partition coefficient (Wildman–Crippen LogP) is 2.43. The predicted molar refractivity (Wildman–Crippen MR) is 98.7 cm³/mol. The molecule has 1 aromatic carbocycles. The number of piperidine rings is 1. The molecule has 0 aromatic heterocycles. The van der Waals surface area contributed by atoms with E-state index < -0.39 is 5.91 Å². The Hall–Kier alpha value is -2.08. The lowest BCUT2D eigenvalue weighted by Gasteiger charge is -2.29. The van der Waals surface area contributed by atoms with Crippen LogP contribution < -0.4 is 11.1 Å². The summed E-state index contributed by atoms with van der Waals surface area (Å²) < 4.78 is 0. The number of benzene rings is 1. The molecule has 0 saturated carbocycles. The van der Waals surface area contributed by atoms with Crippen LogP contribution in [-0.2, 0) is 0 Å². The molecule has 3 rings (SSSR count). The Morgan fingerprint density at radius 1 is 1.20 bits per heavy atom. The summed E-state index contributed by atoms with van der Waals surface area (Å²) in [4.78, 5) is 28.4. The first-order valence-electron chi connectivity index (χ1n) is 9.21. The van der Waals surface area contributed by atoms with E-state index in [-0.39, 0.29) is 6.03 Å². The SMILES string of the molecule is Cc1ccc(NC(=O)N2CC[C@@H](CN3CCCCC3)C2)cc1C(N)=O. The van der Waals surface area contributed by atoms with E-state index in [9.17, 15) is 9.59 Å². The molecule has 0 radical (unpaired) electrons. The highest BCUT2D eigenvalue weighted by Crippen LogP contribution is 2.21. The lowest BCUT2D eigenvalue weighted by Crippen LogP contribution is -2.37. The van der Waals surface area contributed by atoms with Crippen LogP contribution in [0, 0.1) is 12.8 Å². The number of hydrogen-bond acceptors (Lipinski definition) is 3. The second-order valence-electron chi connectivity index (χ2n) is 7.29. The highest BCUT2D eigenvalue weighted by atomic mass is 16.2. The highest BCUT2D eigenvalue weighted by Gasteiger charge is 2.28. The molecule has 0 spiro atoms. The van der Waals surface area contributed by atoms with Crippen LogP contribution in [-0.4, -0.2) is 54.5 Å². The molecule has 136 valence electrons. The van der Waals surface area contributed by atoms with Gasteiger partial charge in [0.15, 0.2) is 0 Å². The van der Waals surface area contributed by atoms with Gasteiger partial charge >= 0.3 is 6.03 Å². The fourth-order valence-corrected chi connectivity index (χ4v) is 3.84. The van der Waals surface area contributed by atoms with E-state index in [1.807, 2.05) is 11.8 Å². The summed E-state index contributed by atoms with van der Waals surface area (Å²) in [5, 5.41) is 2.90. The maximum Gasteiger partial charge on any atom is 0.321 e. The number of likely N-dealkylation sites (tertiary alicyclic amines) is 2. The lowest BCUT2D eigenvalue weighted by atomic mass is 10.1. The van der Waals surface area contributed by atoms with Crippen molar-refractivity contribution in [2.75, 3.05) is 38.0 Å². The average molecular weight is 344 g/mol. The third-order valence-corrected chi connectivity index (χ3v) is 5.29. The molecule has 2 fully saturated rings. The van der Waals surface area contributed by atoms with Gasteiger partial charge in [-0.3, -0.25) is 4.79 Å². The van der Waals surface area contributed by atoms with Crippen LogP contribution in [0.1, 0.15) is 41.6 Å². The summed E-state index contributed by atoms with van der Waals surface area (Å²) in [6, 6.07) is 5.16. The van der Waals surface area contributed by atoms with Crippen molar-refractivity contribution in [3.63, 3.8) is 0 Å². The fraction of sp³-hybridized carbons (Fsp3) is 0.579. The number of nitrogens with two attached hydrogens (primary N) is 1. The summed E-state index contributed by atoms with van der Waals surface area (Å²) in [5.74, 6) is 0.0828. The van der Waals surface area contributed by atoms with Gasteiger partial charge in [0.2, 0.25) is 5.91 Å². The molecule has 2 heterocycles. The number of amides is 3. The first-order chi connectivity index (χ1) is 12.0. The molecule has 2 aliphatic heterocycles. The normalized spacial score (nSPS) is 21.3. The average Bonchev–Trinajstić information content (AvgIpc) is 3.06. The van der Waals surface area contributed by atoms with Gasteiger partial charge in [-0.2, -0.15) is 0 Å². The molecular weight excluding hydrogens is 316 g/mol.